The number of phenolic OH excluding ortho intramolecular Hbond substituents is 2. The number of nitrogens with one attached hydrogen (secondary N) is 5. The van der Waals surface area contributed by atoms with Gasteiger partial charge in [0.15, 0.2) is 24.6 Å². The van der Waals surface area contributed by atoms with E-state index in [0.717, 1.165) is 0 Å². The summed E-state index contributed by atoms with van der Waals surface area (Å²) in [6.45, 7) is 2.25. The Kier molecular flexibility index (Phi) is 14.9. The Hall–Kier alpha value is -6.54. The molecule has 24 heteroatoms. The number of carbonyl (C=O) groups is 8. The van der Waals surface area contributed by atoms with Crippen LogP contribution in [0.15, 0.2) is 30.4 Å². The molecule has 0 unspecified atom stereocenters. The summed E-state index contributed by atoms with van der Waals surface area (Å²) in [6, 6.07) is 3.89. The fraction of sp³-hybridized carbons (Fsp3) is 0.551. The molecule has 6 amide bonds. The number of ketones is 2. The molecule has 4 fully saturated rings. The molecule has 2 aromatic carbocycles. The van der Waals surface area contributed by atoms with Crippen LogP contribution < -0.4 is 31.3 Å². The maximum Gasteiger partial charge on any atom is 0.252 e. The van der Waals surface area contributed by atoms with Crippen LogP contribution in [0, 0.1) is 5.92 Å². The predicted octanol–water partition coefficient (Wildman–Crippen LogP) is -1.70. The Labute approximate surface area is 418 Å². The first-order chi connectivity index (χ1) is 35.0. The van der Waals surface area contributed by atoms with Gasteiger partial charge in [-0.3, -0.25) is 43.3 Å². The second-order valence-corrected chi connectivity index (χ2v) is 19.3. The third kappa shape index (κ3) is 10.2. The van der Waals surface area contributed by atoms with E-state index >= 15 is 0 Å². The molecule has 4 aliphatic heterocycles. The van der Waals surface area contributed by atoms with E-state index in [9.17, 15) is 53.7 Å². The number of morpholine rings is 1. The zero-order valence-corrected chi connectivity index (χ0v) is 40.4. The van der Waals surface area contributed by atoms with Crippen molar-refractivity contribution in [1.29, 1.82) is 0 Å². The molecule has 392 valence electrons. The van der Waals surface area contributed by atoms with Crippen molar-refractivity contribution in [1.82, 2.24) is 36.4 Å². The molecule has 4 heterocycles. The van der Waals surface area contributed by atoms with E-state index in [0.29, 0.717) is 32.5 Å². The molecule has 1 saturated carbocycles. The fourth-order valence-corrected chi connectivity index (χ4v) is 10.9. The van der Waals surface area contributed by atoms with Crippen molar-refractivity contribution in [2.75, 3.05) is 66.6 Å². The molecule has 2 aromatic rings. The average molecular weight is 1020 g/mol. The summed E-state index contributed by atoms with van der Waals surface area (Å²) in [7, 11) is 2.86. The number of ether oxygens (including phenoxy) is 6. The van der Waals surface area contributed by atoms with Crippen molar-refractivity contribution < 1.29 is 82.1 Å². The molecule has 7 aliphatic rings. The van der Waals surface area contributed by atoms with Gasteiger partial charge in [0.25, 0.3) is 5.91 Å². The lowest BCUT2D eigenvalue weighted by Gasteiger charge is -2.43. The SMILES string of the molecule is COc1cccc2c1C(=O)c1c(O)c3c(c(O)c1C2=O)C[C@@](O)(C(=O)NCC1CC(NC(=O)CNC(=O)CNC(=O)CNC(=O)CCN2CC=CC2=O)C1)C[C@@H]3O[C@H]1C[C@H]2[C@H](O[C@@H]3[C@@H](OC)OCCN32)[C@H](C)O1. The minimum atomic E-state index is -2.28. The van der Waals surface area contributed by atoms with Crippen LogP contribution in [0.25, 0.3) is 0 Å². The van der Waals surface area contributed by atoms with Crippen LogP contribution in [0.2, 0.25) is 0 Å². The fourth-order valence-electron chi connectivity index (χ4n) is 10.9. The largest absolute Gasteiger partial charge is 0.507 e. The molecule has 0 aromatic heterocycles. The molecule has 9 rings (SSSR count). The number of phenols is 2. The number of carbonyl (C=O) groups excluding carboxylic acids is 8. The van der Waals surface area contributed by atoms with Gasteiger partial charge >= 0.3 is 0 Å². The van der Waals surface area contributed by atoms with Gasteiger partial charge < -0.3 is 75.2 Å². The first kappa shape index (κ1) is 51.4. The van der Waals surface area contributed by atoms with E-state index in [2.05, 4.69) is 31.5 Å². The minimum absolute atomic E-state index is 0.00854. The molecular formula is C49H59N7O17. The van der Waals surface area contributed by atoms with Gasteiger partial charge in [0.1, 0.15) is 29.0 Å². The molecule has 8 atom stereocenters. The molecule has 24 nitrogen and oxygen atoms in total. The lowest BCUT2D eigenvalue weighted by atomic mass is 9.72. The van der Waals surface area contributed by atoms with E-state index in [1.807, 2.05) is 6.92 Å². The van der Waals surface area contributed by atoms with Crippen LogP contribution >= 0.6 is 0 Å². The Morgan fingerprint density at radius 3 is 2.27 bits per heavy atom. The number of fused-ring (bicyclic) bond motifs is 6. The molecule has 3 saturated heterocycles. The number of benzene rings is 2. The molecular weight excluding hydrogens is 959 g/mol. The monoisotopic (exact) mass is 1020 g/mol. The highest BCUT2D eigenvalue weighted by molar-refractivity contribution is 6.31. The van der Waals surface area contributed by atoms with Crippen LogP contribution in [0.5, 0.6) is 17.2 Å². The number of aromatic hydroxyl groups is 2. The van der Waals surface area contributed by atoms with E-state index in [1.54, 1.807) is 6.08 Å². The molecule has 0 bridgehead atoms. The second kappa shape index (κ2) is 21.1. The van der Waals surface area contributed by atoms with Crippen molar-refractivity contribution in [3.63, 3.8) is 0 Å². The minimum Gasteiger partial charge on any atom is -0.507 e. The molecule has 0 radical (unpaired) electrons. The van der Waals surface area contributed by atoms with Crippen LogP contribution in [0.1, 0.15) is 88.1 Å². The number of aliphatic hydroxyl groups is 1. The third-order valence-electron chi connectivity index (χ3n) is 14.6. The summed E-state index contributed by atoms with van der Waals surface area (Å²) in [5, 5.41) is 49.2. The summed E-state index contributed by atoms with van der Waals surface area (Å²) in [4.78, 5) is 107. The van der Waals surface area contributed by atoms with Crippen LogP contribution in [0.3, 0.4) is 0 Å². The van der Waals surface area contributed by atoms with Gasteiger partial charge in [-0.25, -0.2) is 0 Å². The Morgan fingerprint density at radius 1 is 0.863 bits per heavy atom. The normalized spacial score (nSPS) is 28.9. The van der Waals surface area contributed by atoms with Crippen molar-refractivity contribution in [3.05, 3.63) is 63.7 Å². The Bertz CT molecular complexity index is 2620. The lowest BCUT2D eigenvalue weighted by Crippen LogP contribution is -2.56. The number of rotatable bonds is 17. The Morgan fingerprint density at radius 2 is 1.58 bits per heavy atom. The van der Waals surface area contributed by atoms with E-state index in [1.165, 1.54) is 43.4 Å². The Balaban J connectivity index is 0.810. The third-order valence-corrected chi connectivity index (χ3v) is 14.6. The summed E-state index contributed by atoms with van der Waals surface area (Å²) >= 11 is 0. The number of nitrogens with zero attached hydrogens (tertiary/aromatic N) is 2. The quantitative estimate of drug-likeness (QED) is 0.0699. The van der Waals surface area contributed by atoms with E-state index in [4.69, 9.17) is 28.4 Å². The maximum absolute atomic E-state index is 14.2. The maximum atomic E-state index is 14.2. The number of amides is 6. The number of hydrogen-bond donors (Lipinski definition) is 8. The zero-order valence-electron chi connectivity index (χ0n) is 40.4. The van der Waals surface area contributed by atoms with E-state index in [-0.39, 0.29) is 97.0 Å². The molecule has 8 N–H and O–H groups in total. The lowest BCUT2D eigenvalue weighted by molar-refractivity contribution is -0.256. The summed E-state index contributed by atoms with van der Waals surface area (Å²) < 4.78 is 36.0. The number of hydrogen-bond acceptors (Lipinski definition) is 18. The van der Waals surface area contributed by atoms with Crippen molar-refractivity contribution >= 4 is 47.0 Å². The highest BCUT2D eigenvalue weighted by Crippen LogP contribution is 2.53. The van der Waals surface area contributed by atoms with Crippen LogP contribution in [0.4, 0.5) is 0 Å². The average Bonchev–Trinajstić information content (AvgIpc) is 3.96. The molecule has 73 heavy (non-hydrogen) atoms. The zero-order chi connectivity index (χ0) is 51.9. The van der Waals surface area contributed by atoms with Crippen molar-refractivity contribution in [2.24, 2.45) is 5.92 Å². The predicted molar refractivity (Wildman–Crippen MR) is 249 cm³/mol. The van der Waals surface area contributed by atoms with Gasteiger partial charge in [0.2, 0.25) is 35.3 Å². The standard InChI is InChI=1S/C49H59N7O17/c1-23-45-28(56-12-13-70-47(69-3)46(56)73-45)16-36(71-23)72-30-18-49(67,17-27-38(30)44(65)40-39(42(27)63)41(62)26-6-4-7-29(68-2)37(26)43(40)64)48(66)53-19-24-14-25(15-24)54-34(60)22-52-33(59)21-51-32(58)20-50-31(57)9-11-55-10-5-8-35(55)61/h4-8,23-25,28,30,36,45-47,63,65,67H,9-22H2,1-3H3,(H,50,57)(H,51,58)(H,52,59)(H,53,66)(H,54,60)/t23-,24?,25?,28-,30-,36-,45+,46+,47-,49-/m0/s1. The van der Waals surface area contributed by atoms with Gasteiger partial charge in [0, 0.05) is 93.8 Å². The summed E-state index contributed by atoms with van der Waals surface area (Å²) in [5.41, 5.74) is -3.64. The molecule has 3 aliphatic carbocycles. The first-order valence-corrected chi connectivity index (χ1v) is 24.3. The topological polar surface area (TPSA) is 319 Å². The summed E-state index contributed by atoms with van der Waals surface area (Å²) in [6.07, 6.45) is -1.22. The highest BCUT2D eigenvalue weighted by Gasteiger charge is 2.55. The van der Waals surface area contributed by atoms with Crippen molar-refractivity contribution in [3.8, 4) is 17.2 Å². The van der Waals surface area contributed by atoms with Crippen molar-refractivity contribution in [2.45, 2.75) is 100 Å². The van der Waals surface area contributed by atoms with Gasteiger partial charge in [-0.15, -0.1) is 0 Å². The number of methoxy groups -OCH3 is 2. The van der Waals surface area contributed by atoms with Crippen LogP contribution in [-0.2, 0) is 58.9 Å². The summed E-state index contributed by atoms with van der Waals surface area (Å²) in [5.74, 6) is -6.15. The highest BCUT2D eigenvalue weighted by atomic mass is 16.7. The smallest absolute Gasteiger partial charge is 0.252 e. The van der Waals surface area contributed by atoms with E-state index < -0.39 is 120 Å². The van der Waals surface area contributed by atoms with Gasteiger partial charge in [-0.05, 0) is 31.7 Å². The first-order valence-electron chi connectivity index (χ1n) is 24.3. The second-order valence-electron chi connectivity index (χ2n) is 19.3. The van der Waals surface area contributed by atoms with Gasteiger partial charge in [-0.1, -0.05) is 18.2 Å². The van der Waals surface area contributed by atoms with Gasteiger partial charge in [0.05, 0.1) is 62.2 Å². The molecule has 0 spiro atoms. The van der Waals surface area contributed by atoms with Crippen LogP contribution in [-0.4, -0.2) is 187 Å². The van der Waals surface area contributed by atoms with Gasteiger partial charge in [-0.2, -0.15) is 0 Å².